The molecule has 0 amide bonds. The molecule has 0 unspecified atom stereocenters. The first-order valence-corrected chi connectivity index (χ1v) is 9.82. The summed E-state index contributed by atoms with van der Waals surface area (Å²) in [6.45, 7) is 2.07. The zero-order chi connectivity index (χ0) is 19.7. The van der Waals surface area contributed by atoms with Crippen LogP contribution in [0.25, 0.3) is 0 Å². The Bertz CT molecular complexity index is 928. The Kier molecular flexibility index (Phi) is 5.34. The summed E-state index contributed by atoms with van der Waals surface area (Å²) >= 11 is 0. The minimum atomic E-state index is -4.52. The molecule has 0 saturated carbocycles. The lowest BCUT2D eigenvalue weighted by molar-refractivity contribution is -0.137. The van der Waals surface area contributed by atoms with Gasteiger partial charge in [-0.05, 0) is 29.3 Å². The van der Waals surface area contributed by atoms with Crippen LogP contribution in [0.15, 0.2) is 42.5 Å². The molecular weight excluding hydrogens is 383 g/mol. The highest BCUT2D eigenvalue weighted by molar-refractivity contribution is 7.88. The number of alkyl halides is 3. The number of halogens is 3. The van der Waals surface area contributed by atoms with Crippen molar-refractivity contribution in [1.29, 1.82) is 0 Å². The third-order valence-corrected chi connectivity index (χ3v) is 6.02. The van der Waals surface area contributed by atoms with E-state index in [9.17, 15) is 21.6 Å². The monoisotopic (exact) mass is 401 g/mol. The molecule has 3 rings (SSSR count). The standard InChI is InChI=1S/C18H18F3NO4S/c1-2-22(10-13-6-7-16-17(9-13)26-12-25-16)27(23,24)11-14-4-3-5-15(8-14)18(19,20)21/h3-9H,2,10-12H2,1H3. The molecule has 2 aromatic rings. The molecule has 0 aromatic heterocycles. The van der Waals surface area contributed by atoms with Gasteiger partial charge in [-0.15, -0.1) is 0 Å². The minimum absolute atomic E-state index is 0.0916. The van der Waals surface area contributed by atoms with Crippen LogP contribution in [0.2, 0.25) is 0 Å². The maximum atomic E-state index is 12.8. The number of ether oxygens (including phenoxy) is 2. The van der Waals surface area contributed by atoms with Crippen molar-refractivity contribution in [3.63, 3.8) is 0 Å². The van der Waals surface area contributed by atoms with Gasteiger partial charge in [0.1, 0.15) is 0 Å². The molecule has 1 heterocycles. The summed E-state index contributed by atoms with van der Waals surface area (Å²) in [5.74, 6) is 0.627. The molecule has 5 nitrogen and oxygen atoms in total. The van der Waals surface area contributed by atoms with Crippen molar-refractivity contribution < 1.29 is 31.1 Å². The van der Waals surface area contributed by atoms with Crippen molar-refractivity contribution in [2.45, 2.75) is 25.4 Å². The lowest BCUT2D eigenvalue weighted by Crippen LogP contribution is -2.31. The largest absolute Gasteiger partial charge is 0.454 e. The molecule has 2 aromatic carbocycles. The van der Waals surface area contributed by atoms with Crippen LogP contribution in [0, 0.1) is 0 Å². The second-order valence-corrected chi connectivity index (χ2v) is 8.04. The second kappa shape index (κ2) is 7.40. The quantitative estimate of drug-likeness (QED) is 0.739. The van der Waals surface area contributed by atoms with Crippen LogP contribution in [0.5, 0.6) is 11.5 Å². The van der Waals surface area contributed by atoms with E-state index in [0.29, 0.717) is 17.1 Å². The Morgan fingerprint density at radius 1 is 1.04 bits per heavy atom. The highest BCUT2D eigenvalue weighted by atomic mass is 32.2. The topological polar surface area (TPSA) is 55.8 Å². The van der Waals surface area contributed by atoms with E-state index in [1.54, 1.807) is 25.1 Å². The molecule has 0 N–H and O–H groups in total. The van der Waals surface area contributed by atoms with E-state index in [0.717, 1.165) is 12.1 Å². The normalized spacial score (nSPS) is 14.0. The lowest BCUT2D eigenvalue weighted by atomic mass is 10.1. The van der Waals surface area contributed by atoms with E-state index in [2.05, 4.69) is 0 Å². The van der Waals surface area contributed by atoms with Gasteiger partial charge in [0.05, 0.1) is 11.3 Å². The first kappa shape index (κ1) is 19.5. The van der Waals surface area contributed by atoms with Gasteiger partial charge < -0.3 is 9.47 Å². The zero-order valence-corrected chi connectivity index (χ0v) is 15.3. The van der Waals surface area contributed by atoms with Gasteiger partial charge in [-0.3, -0.25) is 0 Å². The Morgan fingerprint density at radius 2 is 1.78 bits per heavy atom. The van der Waals surface area contributed by atoms with Crippen LogP contribution in [0.1, 0.15) is 23.6 Å². The molecule has 0 bridgehead atoms. The van der Waals surface area contributed by atoms with Crippen molar-refractivity contribution >= 4 is 10.0 Å². The molecule has 1 aliphatic rings. The molecule has 0 saturated heterocycles. The number of benzene rings is 2. The number of hydrogen-bond donors (Lipinski definition) is 0. The Labute approximate surface area is 155 Å². The highest BCUT2D eigenvalue weighted by Gasteiger charge is 2.31. The molecule has 0 radical (unpaired) electrons. The van der Waals surface area contributed by atoms with Crippen LogP contribution < -0.4 is 9.47 Å². The van der Waals surface area contributed by atoms with Crippen molar-refractivity contribution in [1.82, 2.24) is 4.31 Å². The first-order chi connectivity index (χ1) is 12.7. The van der Waals surface area contributed by atoms with E-state index in [1.807, 2.05) is 0 Å². The van der Waals surface area contributed by atoms with E-state index in [4.69, 9.17) is 9.47 Å². The van der Waals surface area contributed by atoms with Crippen LogP contribution in [-0.4, -0.2) is 26.1 Å². The van der Waals surface area contributed by atoms with Crippen LogP contribution >= 0.6 is 0 Å². The fourth-order valence-electron chi connectivity index (χ4n) is 2.79. The average molecular weight is 401 g/mol. The smallest absolute Gasteiger partial charge is 0.416 e. The predicted molar refractivity (Wildman–Crippen MR) is 92.7 cm³/mol. The number of rotatable bonds is 6. The predicted octanol–water partition coefficient (Wildman–Crippen LogP) is 3.79. The highest BCUT2D eigenvalue weighted by Crippen LogP contribution is 2.33. The summed E-state index contributed by atoms with van der Waals surface area (Å²) in [5, 5.41) is 0. The van der Waals surface area contributed by atoms with Gasteiger partial charge in [0.25, 0.3) is 0 Å². The fraction of sp³-hybridized carbons (Fsp3) is 0.333. The van der Waals surface area contributed by atoms with E-state index < -0.39 is 27.5 Å². The third kappa shape index (κ3) is 4.54. The SMILES string of the molecule is CCN(Cc1ccc2c(c1)OCO2)S(=O)(=O)Cc1cccc(C(F)(F)F)c1. The lowest BCUT2D eigenvalue weighted by Gasteiger charge is -2.21. The molecule has 0 atom stereocenters. The number of hydrogen-bond acceptors (Lipinski definition) is 4. The van der Waals surface area contributed by atoms with Crippen molar-refractivity contribution in [3.05, 3.63) is 59.2 Å². The Balaban J connectivity index is 1.78. The fourth-order valence-corrected chi connectivity index (χ4v) is 4.31. The third-order valence-electron chi connectivity index (χ3n) is 4.15. The summed E-state index contributed by atoms with van der Waals surface area (Å²) in [6.07, 6.45) is -4.52. The Hall–Kier alpha value is -2.26. The molecule has 0 spiro atoms. The van der Waals surface area contributed by atoms with Crippen molar-refractivity contribution in [2.24, 2.45) is 0 Å². The van der Waals surface area contributed by atoms with Gasteiger partial charge in [-0.2, -0.15) is 17.5 Å². The van der Waals surface area contributed by atoms with Crippen LogP contribution in [-0.2, 0) is 28.5 Å². The van der Waals surface area contributed by atoms with Gasteiger partial charge in [0.15, 0.2) is 11.5 Å². The summed E-state index contributed by atoms with van der Waals surface area (Å²) in [4.78, 5) is 0. The molecule has 0 fully saturated rings. The zero-order valence-electron chi connectivity index (χ0n) is 14.5. The Morgan fingerprint density at radius 3 is 2.48 bits per heavy atom. The van der Waals surface area contributed by atoms with Gasteiger partial charge in [0, 0.05) is 13.1 Å². The summed E-state index contributed by atoms with van der Waals surface area (Å²) in [5.41, 5.74) is -0.0725. The van der Waals surface area contributed by atoms with Gasteiger partial charge in [0.2, 0.25) is 16.8 Å². The summed E-state index contributed by atoms with van der Waals surface area (Å²) in [7, 11) is -3.81. The molecule has 1 aliphatic heterocycles. The maximum Gasteiger partial charge on any atom is 0.416 e. The van der Waals surface area contributed by atoms with Crippen LogP contribution in [0.3, 0.4) is 0 Å². The van der Waals surface area contributed by atoms with E-state index >= 15 is 0 Å². The second-order valence-electron chi connectivity index (χ2n) is 6.07. The summed E-state index contributed by atoms with van der Waals surface area (Å²) < 4.78 is 75.7. The molecule has 27 heavy (non-hydrogen) atoms. The van der Waals surface area contributed by atoms with Crippen LogP contribution in [0.4, 0.5) is 13.2 Å². The number of sulfonamides is 1. The van der Waals surface area contributed by atoms with Crippen molar-refractivity contribution in [3.8, 4) is 11.5 Å². The van der Waals surface area contributed by atoms with Gasteiger partial charge >= 0.3 is 6.18 Å². The van der Waals surface area contributed by atoms with Gasteiger partial charge in [-0.25, -0.2) is 8.42 Å². The summed E-state index contributed by atoms with van der Waals surface area (Å²) in [6, 6.07) is 9.50. The van der Waals surface area contributed by atoms with E-state index in [1.165, 1.54) is 16.4 Å². The molecule has 0 aliphatic carbocycles. The molecule has 146 valence electrons. The molecule has 9 heteroatoms. The number of fused-ring (bicyclic) bond motifs is 1. The number of nitrogens with zero attached hydrogens (tertiary/aromatic N) is 1. The average Bonchev–Trinajstić information content (AvgIpc) is 3.06. The first-order valence-electron chi connectivity index (χ1n) is 8.21. The van der Waals surface area contributed by atoms with Crippen molar-refractivity contribution in [2.75, 3.05) is 13.3 Å². The minimum Gasteiger partial charge on any atom is -0.454 e. The van der Waals surface area contributed by atoms with Gasteiger partial charge in [-0.1, -0.05) is 31.2 Å². The van der Waals surface area contributed by atoms with E-state index in [-0.39, 0.29) is 25.4 Å². The maximum absolute atomic E-state index is 12.8. The molecular formula is C18H18F3NO4S.